The largest absolute Gasteiger partial charge is 0.492 e. The summed E-state index contributed by atoms with van der Waals surface area (Å²) in [4.78, 5) is 14.5. The number of nitrogens with one attached hydrogen (secondary N) is 2. The fourth-order valence-electron chi connectivity index (χ4n) is 2.51. The smallest absolute Gasteiger partial charge is 0.231 e. The van der Waals surface area contributed by atoms with E-state index in [9.17, 15) is 4.79 Å². The zero-order valence-electron chi connectivity index (χ0n) is 14.6. The first-order valence-electron chi connectivity index (χ1n) is 7.89. The first-order chi connectivity index (χ1) is 10.5. The second-order valence-electron chi connectivity index (χ2n) is 6.47. The van der Waals surface area contributed by atoms with Crippen LogP contribution in [0.2, 0.25) is 0 Å². The van der Waals surface area contributed by atoms with E-state index in [1.807, 2.05) is 45.3 Å². The van der Waals surface area contributed by atoms with Crippen molar-refractivity contribution < 1.29 is 9.53 Å². The molecular weight excluding hydrogens is 349 g/mol. The Hall–Kier alpha value is -1.01. The molecule has 1 atom stereocenters. The van der Waals surface area contributed by atoms with Gasteiger partial charge in [0.25, 0.3) is 0 Å². The summed E-state index contributed by atoms with van der Waals surface area (Å²) in [6.45, 7) is 5.30. The first-order valence-corrected chi connectivity index (χ1v) is 7.89. The summed E-state index contributed by atoms with van der Waals surface area (Å²) in [5.41, 5.74) is 0.496. The van der Waals surface area contributed by atoms with Gasteiger partial charge in [0.15, 0.2) is 0 Å². The molecule has 0 bridgehead atoms. The van der Waals surface area contributed by atoms with Gasteiger partial charge in [0.2, 0.25) is 5.91 Å². The lowest BCUT2D eigenvalue weighted by Crippen LogP contribution is -2.46. The summed E-state index contributed by atoms with van der Waals surface area (Å²) >= 11 is 0. The number of nitrogens with zero attached hydrogens (tertiary/aromatic N) is 1. The lowest BCUT2D eigenvalue weighted by Gasteiger charge is -2.32. The molecule has 1 heterocycles. The van der Waals surface area contributed by atoms with Crippen LogP contribution in [0.15, 0.2) is 24.3 Å². The molecule has 2 N–H and O–H groups in total. The van der Waals surface area contributed by atoms with Gasteiger partial charge in [-0.25, -0.2) is 0 Å². The predicted octanol–water partition coefficient (Wildman–Crippen LogP) is 2.80. The molecule has 7 heteroatoms. The lowest BCUT2D eigenvalue weighted by atomic mass is 9.82. The SMILES string of the molecule is CN(C)CCOc1ccc(NC(=O)C2(C)CCCNC2)cc1.Cl.Cl. The molecule has 0 radical (unpaired) electrons. The molecule has 1 aromatic carbocycles. The van der Waals surface area contributed by atoms with Crippen molar-refractivity contribution in [2.24, 2.45) is 5.41 Å². The third kappa shape index (κ3) is 6.85. The number of piperidine rings is 1. The molecule has 1 aliphatic rings. The summed E-state index contributed by atoms with van der Waals surface area (Å²) < 4.78 is 5.65. The molecule has 2 rings (SSSR count). The quantitative estimate of drug-likeness (QED) is 0.800. The highest BCUT2D eigenvalue weighted by molar-refractivity contribution is 5.95. The monoisotopic (exact) mass is 377 g/mol. The molecular formula is C17H29Cl2N3O2. The van der Waals surface area contributed by atoms with Crippen molar-refractivity contribution in [3.8, 4) is 5.75 Å². The number of halogens is 2. The fraction of sp³-hybridized carbons (Fsp3) is 0.588. The van der Waals surface area contributed by atoms with E-state index in [1.165, 1.54) is 0 Å². The molecule has 1 amide bonds. The van der Waals surface area contributed by atoms with Gasteiger partial charge in [0, 0.05) is 18.8 Å². The maximum Gasteiger partial charge on any atom is 0.231 e. The zero-order chi connectivity index (χ0) is 16.0. The number of amides is 1. The molecule has 1 aliphatic heterocycles. The highest BCUT2D eigenvalue weighted by Gasteiger charge is 2.34. The second-order valence-corrected chi connectivity index (χ2v) is 6.47. The third-order valence-electron chi connectivity index (χ3n) is 4.06. The van der Waals surface area contributed by atoms with E-state index in [0.717, 1.165) is 43.9 Å². The Morgan fingerprint density at radius 3 is 2.50 bits per heavy atom. The van der Waals surface area contributed by atoms with Crippen molar-refractivity contribution >= 4 is 36.4 Å². The van der Waals surface area contributed by atoms with Crippen molar-refractivity contribution in [3.63, 3.8) is 0 Å². The molecule has 1 fully saturated rings. The third-order valence-corrected chi connectivity index (χ3v) is 4.06. The van der Waals surface area contributed by atoms with Crippen LogP contribution in [0.1, 0.15) is 19.8 Å². The predicted molar refractivity (Wildman–Crippen MR) is 104 cm³/mol. The number of carbonyl (C=O) groups excluding carboxylic acids is 1. The molecule has 24 heavy (non-hydrogen) atoms. The second kappa shape index (κ2) is 10.8. The van der Waals surface area contributed by atoms with E-state index in [2.05, 4.69) is 15.5 Å². The van der Waals surface area contributed by atoms with Gasteiger partial charge < -0.3 is 20.3 Å². The van der Waals surface area contributed by atoms with Gasteiger partial charge in [-0.1, -0.05) is 0 Å². The van der Waals surface area contributed by atoms with Gasteiger partial charge in [-0.15, -0.1) is 24.8 Å². The summed E-state index contributed by atoms with van der Waals surface area (Å²) in [5.74, 6) is 0.909. The number of likely N-dealkylation sites (N-methyl/N-ethyl adjacent to an activating group) is 1. The van der Waals surface area contributed by atoms with Crippen LogP contribution in [0, 0.1) is 5.41 Å². The Balaban J connectivity index is 0.00000264. The molecule has 0 aromatic heterocycles. The molecule has 0 spiro atoms. The number of benzene rings is 1. The van der Waals surface area contributed by atoms with E-state index < -0.39 is 0 Å². The minimum Gasteiger partial charge on any atom is -0.492 e. The van der Waals surface area contributed by atoms with Crippen LogP contribution >= 0.6 is 24.8 Å². The minimum atomic E-state index is -0.320. The standard InChI is InChI=1S/C17H27N3O2.2ClH/c1-17(9-4-10-18-13-17)16(21)19-14-5-7-15(8-6-14)22-12-11-20(2)3;;/h5-8,18H,4,9-13H2,1-3H3,(H,19,21);2*1H. The van der Waals surface area contributed by atoms with Crippen molar-refractivity contribution in [2.45, 2.75) is 19.8 Å². The van der Waals surface area contributed by atoms with Crippen LogP contribution in [0.25, 0.3) is 0 Å². The van der Waals surface area contributed by atoms with Crippen LogP contribution in [-0.2, 0) is 4.79 Å². The number of carbonyl (C=O) groups is 1. The number of hydrogen-bond acceptors (Lipinski definition) is 4. The lowest BCUT2D eigenvalue weighted by molar-refractivity contribution is -0.125. The van der Waals surface area contributed by atoms with Crippen molar-refractivity contribution in [1.29, 1.82) is 0 Å². The first kappa shape index (κ1) is 23.0. The molecule has 1 aromatic rings. The Bertz CT molecular complexity index is 489. The van der Waals surface area contributed by atoms with E-state index in [1.54, 1.807) is 0 Å². The summed E-state index contributed by atoms with van der Waals surface area (Å²) in [6, 6.07) is 7.57. The molecule has 0 saturated carbocycles. The van der Waals surface area contributed by atoms with E-state index in [4.69, 9.17) is 4.74 Å². The molecule has 0 aliphatic carbocycles. The summed E-state index contributed by atoms with van der Waals surface area (Å²) in [5, 5.41) is 6.31. The zero-order valence-corrected chi connectivity index (χ0v) is 16.3. The maximum atomic E-state index is 12.4. The molecule has 1 saturated heterocycles. The Morgan fingerprint density at radius 2 is 1.96 bits per heavy atom. The summed E-state index contributed by atoms with van der Waals surface area (Å²) in [6.07, 6.45) is 1.97. The van der Waals surface area contributed by atoms with E-state index in [-0.39, 0.29) is 36.1 Å². The van der Waals surface area contributed by atoms with Gasteiger partial charge in [-0.05, 0) is 64.7 Å². The highest BCUT2D eigenvalue weighted by atomic mass is 35.5. The van der Waals surface area contributed by atoms with Crippen molar-refractivity contribution in [2.75, 3.05) is 45.7 Å². The van der Waals surface area contributed by atoms with Crippen LogP contribution in [0.3, 0.4) is 0 Å². The average Bonchev–Trinajstić information content (AvgIpc) is 2.49. The number of rotatable bonds is 6. The van der Waals surface area contributed by atoms with Crippen LogP contribution < -0.4 is 15.4 Å². The minimum absolute atomic E-state index is 0. The normalized spacial score (nSPS) is 19.8. The highest BCUT2D eigenvalue weighted by Crippen LogP contribution is 2.27. The summed E-state index contributed by atoms with van der Waals surface area (Å²) in [7, 11) is 4.03. The molecule has 1 unspecified atom stereocenters. The molecule has 5 nitrogen and oxygen atoms in total. The number of hydrogen-bond donors (Lipinski definition) is 2. The maximum absolute atomic E-state index is 12.4. The van der Waals surface area contributed by atoms with Crippen molar-refractivity contribution in [3.05, 3.63) is 24.3 Å². The van der Waals surface area contributed by atoms with Gasteiger partial charge in [0.05, 0.1) is 5.41 Å². The number of ether oxygens (including phenoxy) is 1. The Labute approximate surface area is 157 Å². The van der Waals surface area contributed by atoms with E-state index in [0.29, 0.717) is 6.61 Å². The fourth-order valence-corrected chi connectivity index (χ4v) is 2.51. The van der Waals surface area contributed by atoms with Gasteiger partial charge in [0.1, 0.15) is 12.4 Å². The Morgan fingerprint density at radius 1 is 1.29 bits per heavy atom. The molecule has 138 valence electrons. The van der Waals surface area contributed by atoms with Crippen LogP contribution in [0.5, 0.6) is 5.75 Å². The van der Waals surface area contributed by atoms with Gasteiger partial charge >= 0.3 is 0 Å². The van der Waals surface area contributed by atoms with Gasteiger partial charge in [-0.3, -0.25) is 4.79 Å². The number of anilines is 1. The van der Waals surface area contributed by atoms with Crippen LogP contribution in [-0.4, -0.2) is 51.1 Å². The Kier molecular flexibility index (Phi) is 10.3. The van der Waals surface area contributed by atoms with E-state index >= 15 is 0 Å². The average molecular weight is 378 g/mol. The van der Waals surface area contributed by atoms with Gasteiger partial charge in [-0.2, -0.15) is 0 Å². The van der Waals surface area contributed by atoms with Crippen LogP contribution in [0.4, 0.5) is 5.69 Å². The topological polar surface area (TPSA) is 53.6 Å². The van der Waals surface area contributed by atoms with Crippen molar-refractivity contribution in [1.82, 2.24) is 10.2 Å².